The molecule has 1 fully saturated rings. The highest BCUT2D eigenvalue weighted by Gasteiger charge is 2.30. The Bertz CT molecular complexity index is 1140. The molecule has 1 saturated heterocycles. The highest BCUT2D eigenvalue weighted by Crippen LogP contribution is 2.31. The largest absolute Gasteiger partial charge is 0.330 e. The molecule has 4 aromatic rings. The zero-order chi connectivity index (χ0) is 18.2. The van der Waals surface area contributed by atoms with Gasteiger partial charge >= 0.3 is 0 Å². The summed E-state index contributed by atoms with van der Waals surface area (Å²) in [5.41, 5.74) is 2.42. The van der Waals surface area contributed by atoms with Crippen molar-refractivity contribution in [2.45, 2.75) is 25.3 Å². The van der Waals surface area contributed by atoms with E-state index in [0.29, 0.717) is 11.3 Å². The molecule has 0 saturated carbocycles. The molecule has 1 atom stereocenters. The molecule has 0 bridgehead atoms. The predicted octanol–water partition coefficient (Wildman–Crippen LogP) is 3.64. The first kappa shape index (κ1) is 15.9. The maximum Gasteiger partial charge on any atom is 0.256 e. The molecule has 0 aliphatic carbocycles. The summed E-state index contributed by atoms with van der Waals surface area (Å²) in [4.78, 5) is 28.6. The summed E-state index contributed by atoms with van der Waals surface area (Å²) in [6, 6.07) is 11.8. The molecule has 134 valence electrons. The summed E-state index contributed by atoms with van der Waals surface area (Å²) in [6.07, 6.45) is 10.3. The highest BCUT2D eigenvalue weighted by molar-refractivity contribution is 5.97. The number of likely N-dealkylation sites (tertiary alicyclic amines) is 1. The lowest BCUT2D eigenvalue weighted by molar-refractivity contribution is 0.0606. The first-order valence-electron chi connectivity index (χ1n) is 9.25. The van der Waals surface area contributed by atoms with Crippen LogP contribution in [0.15, 0.2) is 61.2 Å². The van der Waals surface area contributed by atoms with Crippen LogP contribution in [0.3, 0.4) is 0 Å². The van der Waals surface area contributed by atoms with E-state index in [2.05, 4.69) is 15.0 Å². The van der Waals surface area contributed by atoms with Crippen LogP contribution in [0, 0.1) is 0 Å². The number of carbonyl (C=O) groups excluding carboxylic acids is 1. The fraction of sp³-hybridized carbons (Fsp3) is 0.238. The lowest BCUT2D eigenvalue weighted by Gasteiger charge is -2.35. The Hall–Kier alpha value is -3.28. The fourth-order valence-corrected chi connectivity index (χ4v) is 3.84. The normalized spacial score (nSPS) is 17.5. The molecule has 0 radical (unpaired) electrons. The number of pyridine rings is 1. The first-order chi connectivity index (χ1) is 13.3. The number of imidazole rings is 1. The minimum Gasteiger partial charge on any atom is -0.330 e. The molecule has 4 heterocycles. The van der Waals surface area contributed by atoms with Gasteiger partial charge in [-0.3, -0.25) is 14.2 Å². The quantitative estimate of drug-likeness (QED) is 0.549. The summed E-state index contributed by atoms with van der Waals surface area (Å²) in [7, 11) is 0. The molecule has 1 amide bonds. The van der Waals surface area contributed by atoms with E-state index in [1.165, 1.54) is 0 Å². The molecule has 6 heteroatoms. The van der Waals surface area contributed by atoms with E-state index in [9.17, 15) is 4.79 Å². The van der Waals surface area contributed by atoms with Crippen LogP contribution in [-0.4, -0.2) is 36.7 Å². The van der Waals surface area contributed by atoms with Gasteiger partial charge in [0.15, 0.2) is 0 Å². The van der Waals surface area contributed by atoms with Gasteiger partial charge in [-0.15, -0.1) is 0 Å². The molecule has 0 unspecified atom stereocenters. The monoisotopic (exact) mass is 357 g/mol. The van der Waals surface area contributed by atoms with Crippen LogP contribution in [0.2, 0.25) is 0 Å². The highest BCUT2D eigenvalue weighted by atomic mass is 16.2. The molecular formula is C21H19N5O. The minimum atomic E-state index is -0.0283. The summed E-state index contributed by atoms with van der Waals surface area (Å²) >= 11 is 0. The topological polar surface area (TPSA) is 63.4 Å². The average molecular weight is 357 g/mol. The van der Waals surface area contributed by atoms with Crippen molar-refractivity contribution in [1.82, 2.24) is 24.3 Å². The zero-order valence-electron chi connectivity index (χ0n) is 14.8. The molecule has 0 spiro atoms. The molecule has 1 aromatic carbocycles. The van der Waals surface area contributed by atoms with Gasteiger partial charge in [-0.2, -0.15) is 0 Å². The third-order valence-corrected chi connectivity index (χ3v) is 5.23. The van der Waals surface area contributed by atoms with Gasteiger partial charge < -0.3 is 4.90 Å². The van der Waals surface area contributed by atoms with E-state index < -0.39 is 0 Å². The second kappa shape index (κ2) is 6.46. The van der Waals surface area contributed by atoms with Crippen molar-refractivity contribution in [3.63, 3.8) is 0 Å². The number of hydrogen-bond donors (Lipinski definition) is 0. The molecule has 27 heavy (non-hydrogen) atoms. The van der Waals surface area contributed by atoms with E-state index >= 15 is 0 Å². The smallest absolute Gasteiger partial charge is 0.256 e. The molecule has 6 nitrogen and oxygen atoms in total. The maximum atomic E-state index is 13.3. The molecule has 5 rings (SSSR count). The number of amides is 1. The van der Waals surface area contributed by atoms with Crippen LogP contribution in [0.25, 0.3) is 16.7 Å². The van der Waals surface area contributed by atoms with Gasteiger partial charge in [0.05, 0.1) is 22.8 Å². The zero-order valence-corrected chi connectivity index (χ0v) is 14.8. The van der Waals surface area contributed by atoms with Gasteiger partial charge in [-0.25, -0.2) is 9.97 Å². The van der Waals surface area contributed by atoms with Crippen molar-refractivity contribution in [2.24, 2.45) is 0 Å². The Morgan fingerprint density at radius 2 is 2.00 bits per heavy atom. The number of piperidine rings is 1. The first-order valence-corrected chi connectivity index (χ1v) is 9.25. The number of carbonyl (C=O) groups is 1. The molecule has 1 aliphatic rings. The summed E-state index contributed by atoms with van der Waals surface area (Å²) in [6.45, 7) is 0.734. The van der Waals surface area contributed by atoms with Gasteiger partial charge in [0.25, 0.3) is 5.91 Å². The van der Waals surface area contributed by atoms with Crippen molar-refractivity contribution in [3.8, 4) is 0 Å². The van der Waals surface area contributed by atoms with Crippen molar-refractivity contribution in [2.75, 3.05) is 6.54 Å². The number of hydrogen-bond acceptors (Lipinski definition) is 4. The van der Waals surface area contributed by atoms with Crippen LogP contribution >= 0.6 is 0 Å². The van der Waals surface area contributed by atoms with E-state index in [1.54, 1.807) is 12.4 Å². The Labute approximate surface area is 156 Å². The molecular weight excluding hydrogens is 338 g/mol. The van der Waals surface area contributed by atoms with Gasteiger partial charge in [-0.05, 0) is 37.5 Å². The van der Waals surface area contributed by atoms with Crippen molar-refractivity contribution in [3.05, 3.63) is 72.4 Å². The van der Waals surface area contributed by atoms with Crippen molar-refractivity contribution in [1.29, 1.82) is 0 Å². The fourth-order valence-electron chi connectivity index (χ4n) is 3.84. The Balaban J connectivity index is 1.51. The number of fused-ring (bicyclic) bond motifs is 2. The van der Waals surface area contributed by atoms with Gasteiger partial charge in [0.2, 0.25) is 5.78 Å². The van der Waals surface area contributed by atoms with Crippen molar-refractivity contribution >= 4 is 22.6 Å². The number of aromatic nitrogens is 4. The van der Waals surface area contributed by atoms with Gasteiger partial charge in [0, 0.05) is 36.7 Å². The van der Waals surface area contributed by atoms with Crippen LogP contribution in [0.4, 0.5) is 0 Å². The Morgan fingerprint density at radius 1 is 1.07 bits per heavy atom. The average Bonchev–Trinajstić information content (AvgIpc) is 3.21. The second-order valence-electron chi connectivity index (χ2n) is 6.91. The van der Waals surface area contributed by atoms with E-state index in [1.807, 2.05) is 58.1 Å². The third kappa shape index (κ3) is 2.83. The molecule has 1 aliphatic heterocycles. The maximum absolute atomic E-state index is 13.3. The standard InChI is InChI=1S/C21H19N5O/c27-20(16-13-15-5-1-2-6-17(15)23-14-16)26-10-4-3-7-19(26)18-8-11-25-12-9-22-21(25)24-18/h1-2,5-6,8-9,11-14,19H,3-4,7,10H2/t19-/m0/s1. The number of rotatable bonds is 2. The number of benzene rings is 1. The van der Waals surface area contributed by atoms with Crippen LogP contribution in [-0.2, 0) is 0 Å². The number of nitrogens with zero attached hydrogens (tertiary/aromatic N) is 5. The minimum absolute atomic E-state index is 0.0166. The van der Waals surface area contributed by atoms with E-state index in [4.69, 9.17) is 0 Å². The Kier molecular flexibility index (Phi) is 3.81. The van der Waals surface area contributed by atoms with E-state index in [-0.39, 0.29) is 11.9 Å². The number of para-hydroxylation sites is 1. The summed E-state index contributed by atoms with van der Waals surface area (Å²) in [5, 5.41) is 0.980. The van der Waals surface area contributed by atoms with Gasteiger partial charge in [-0.1, -0.05) is 18.2 Å². The van der Waals surface area contributed by atoms with Crippen molar-refractivity contribution < 1.29 is 4.79 Å². The van der Waals surface area contributed by atoms with Crippen LogP contribution in [0.5, 0.6) is 0 Å². The predicted molar refractivity (Wildman–Crippen MR) is 102 cm³/mol. The lowest BCUT2D eigenvalue weighted by Crippen LogP contribution is -2.39. The third-order valence-electron chi connectivity index (χ3n) is 5.23. The van der Waals surface area contributed by atoms with E-state index in [0.717, 1.165) is 42.4 Å². The SMILES string of the molecule is O=C(c1cnc2ccccc2c1)N1CCCC[C@H]1c1ccn2ccnc2n1. The second-order valence-corrected chi connectivity index (χ2v) is 6.91. The molecule has 0 N–H and O–H groups in total. The lowest BCUT2D eigenvalue weighted by atomic mass is 9.98. The van der Waals surface area contributed by atoms with Crippen LogP contribution in [0.1, 0.15) is 41.4 Å². The molecule has 3 aromatic heterocycles. The summed E-state index contributed by atoms with van der Waals surface area (Å²) in [5.74, 6) is 0.681. The van der Waals surface area contributed by atoms with Crippen LogP contribution < -0.4 is 0 Å². The Morgan fingerprint density at radius 3 is 2.96 bits per heavy atom. The van der Waals surface area contributed by atoms with Gasteiger partial charge in [0.1, 0.15) is 0 Å². The summed E-state index contributed by atoms with van der Waals surface area (Å²) < 4.78 is 1.88.